The van der Waals surface area contributed by atoms with E-state index in [0.717, 1.165) is 85.7 Å². The van der Waals surface area contributed by atoms with E-state index in [-0.39, 0.29) is 17.7 Å². The molecule has 9 heteroatoms. The van der Waals surface area contributed by atoms with Crippen LogP contribution in [0.2, 0.25) is 0 Å². The SMILES string of the molecule is Cc1nnc(N2CCC(C(=O)NCCCN3CCCC3=O)CC2)c2nn(-c3ccccc3)c(C)c12. The van der Waals surface area contributed by atoms with E-state index in [4.69, 9.17) is 5.10 Å². The van der Waals surface area contributed by atoms with Crippen LogP contribution >= 0.6 is 0 Å². The monoisotopic (exact) mass is 475 g/mol. The maximum Gasteiger partial charge on any atom is 0.223 e. The van der Waals surface area contributed by atoms with Crippen LogP contribution < -0.4 is 10.2 Å². The highest BCUT2D eigenvalue weighted by atomic mass is 16.2. The van der Waals surface area contributed by atoms with Crippen LogP contribution in [-0.4, -0.2) is 69.4 Å². The highest BCUT2D eigenvalue weighted by Crippen LogP contribution is 2.31. The summed E-state index contributed by atoms with van der Waals surface area (Å²) in [7, 11) is 0. The first kappa shape index (κ1) is 23.3. The Labute approximate surface area is 205 Å². The summed E-state index contributed by atoms with van der Waals surface area (Å²) in [5.41, 5.74) is 3.78. The molecule has 2 aromatic heterocycles. The predicted molar refractivity (Wildman–Crippen MR) is 135 cm³/mol. The zero-order chi connectivity index (χ0) is 24.4. The number of nitrogens with zero attached hydrogens (tertiary/aromatic N) is 6. The van der Waals surface area contributed by atoms with Crippen LogP contribution in [0.15, 0.2) is 30.3 Å². The van der Waals surface area contributed by atoms with Crippen molar-refractivity contribution in [1.29, 1.82) is 0 Å². The molecular weight excluding hydrogens is 442 g/mol. The van der Waals surface area contributed by atoms with Crippen LogP contribution in [0.25, 0.3) is 16.6 Å². The highest BCUT2D eigenvalue weighted by molar-refractivity contribution is 5.92. The molecule has 0 unspecified atom stereocenters. The molecule has 5 rings (SSSR count). The predicted octanol–water partition coefficient (Wildman–Crippen LogP) is 2.78. The lowest BCUT2D eigenvalue weighted by molar-refractivity contribution is -0.127. The third-order valence-electron chi connectivity index (χ3n) is 7.23. The summed E-state index contributed by atoms with van der Waals surface area (Å²) in [6.45, 7) is 7.71. The second-order valence-corrected chi connectivity index (χ2v) is 9.56. The van der Waals surface area contributed by atoms with Gasteiger partial charge in [-0.3, -0.25) is 9.59 Å². The largest absolute Gasteiger partial charge is 0.356 e. The van der Waals surface area contributed by atoms with E-state index >= 15 is 0 Å². The Morgan fingerprint density at radius 1 is 1.09 bits per heavy atom. The normalized spacial score (nSPS) is 16.9. The number of hydrogen-bond donors (Lipinski definition) is 1. The number of rotatable bonds is 7. The molecule has 0 radical (unpaired) electrons. The quantitative estimate of drug-likeness (QED) is 0.528. The molecule has 0 bridgehead atoms. The van der Waals surface area contributed by atoms with Crippen molar-refractivity contribution in [1.82, 2.24) is 30.2 Å². The maximum atomic E-state index is 12.7. The minimum Gasteiger partial charge on any atom is -0.356 e. The first-order valence-corrected chi connectivity index (χ1v) is 12.6. The number of amides is 2. The van der Waals surface area contributed by atoms with Crippen LogP contribution in [0.3, 0.4) is 0 Å². The van der Waals surface area contributed by atoms with Crippen molar-refractivity contribution in [2.45, 2.75) is 46.0 Å². The topological polar surface area (TPSA) is 96.2 Å². The van der Waals surface area contributed by atoms with Crippen LogP contribution in [0.5, 0.6) is 0 Å². The molecule has 0 spiro atoms. The van der Waals surface area contributed by atoms with Crippen molar-refractivity contribution in [3.8, 4) is 5.69 Å². The molecule has 2 amide bonds. The lowest BCUT2D eigenvalue weighted by Crippen LogP contribution is -2.41. The molecule has 0 aliphatic carbocycles. The van der Waals surface area contributed by atoms with E-state index in [1.54, 1.807) is 0 Å². The molecule has 2 aliphatic rings. The fraction of sp³-hybridized carbons (Fsp3) is 0.500. The zero-order valence-electron chi connectivity index (χ0n) is 20.5. The van der Waals surface area contributed by atoms with Gasteiger partial charge in [0.2, 0.25) is 11.8 Å². The van der Waals surface area contributed by atoms with Crippen molar-refractivity contribution in [2.24, 2.45) is 5.92 Å². The molecule has 4 heterocycles. The van der Waals surface area contributed by atoms with Gasteiger partial charge in [0.05, 0.1) is 22.5 Å². The average molecular weight is 476 g/mol. The second kappa shape index (κ2) is 10.0. The van der Waals surface area contributed by atoms with Gasteiger partial charge < -0.3 is 15.1 Å². The Morgan fingerprint density at radius 3 is 2.57 bits per heavy atom. The minimum atomic E-state index is -0.00261. The molecule has 1 N–H and O–H groups in total. The van der Waals surface area contributed by atoms with Gasteiger partial charge >= 0.3 is 0 Å². The summed E-state index contributed by atoms with van der Waals surface area (Å²) in [5, 5.41) is 18.0. The van der Waals surface area contributed by atoms with E-state index in [9.17, 15) is 9.59 Å². The molecule has 0 saturated carbocycles. The number of aryl methyl sites for hydroxylation is 2. The number of aromatic nitrogens is 4. The lowest BCUT2D eigenvalue weighted by atomic mass is 9.95. The molecule has 2 fully saturated rings. The van der Waals surface area contributed by atoms with Crippen molar-refractivity contribution in [3.05, 3.63) is 41.7 Å². The van der Waals surface area contributed by atoms with Gasteiger partial charge in [-0.05, 0) is 51.7 Å². The molecule has 9 nitrogen and oxygen atoms in total. The number of hydrogen-bond acceptors (Lipinski definition) is 6. The number of likely N-dealkylation sites (tertiary alicyclic amines) is 1. The van der Waals surface area contributed by atoms with E-state index in [0.29, 0.717) is 13.0 Å². The number of fused-ring (bicyclic) bond motifs is 1. The third-order valence-corrected chi connectivity index (χ3v) is 7.23. The van der Waals surface area contributed by atoms with Crippen LogP contribution in [0, 0.1) is 19.8 Å². The van der Waals surface area contributed by atoms with E-state index in [1.165, 1.54) is 0 Å². The fourth-order valence-electron chi connectivity index (χ4n) is 5.27. The van der Waals surface area contributed by atoms with Crippen LogP contribution in [0.4, 0.5) is 5.82 Å². The summed E-state index contributed by atoms with van der Waals surface area (Å²) < 4.78 is 1.96. The number of para-hydroxylation sites is 1. The minimum absolute atomic E-state index is 0.00261. The highest BCUT2D eigenvalue weighted by Gasteiger charge is 2.28. The summed E-state index contributed by atoms with van der Waals surface area (Å²) in [5.74, 6) is 1.14. The van der Waals surface area contributed by atoms with Gasteiger partial charge in [-0.25, -0.2) is 4.68 Å². The molecule has 184 valence electrons. The summed E-state index contributed by atoms with van der Waals surface area (Å²) in [6, 6.07) is 10.1. The molecule has 2 saturated heterocycles. The molecule has 1 aromatic carbocycles. The zero-order valence-corrected chi connectivity index (χ0v) is 20.5. The Bertz CT molecular complexity index is 1220. The number of nitrogens with one attached hydrogen (secondary N) is 1. The summed E-state index contributed by atoms with van der Waals surface area (Å²) in [4.78, 5) is 28.5. The number of carbonyl (C=O) groups excluding carboxylic acids is 2. The number of piperidine rings is 1. The van der Waals surface area contributed by atoms with Crippen molar-refractivity contribution >= 4 is 28.5 Å². The third kappa shape index (κ3) is 4.72. The van der Waals surface area contributed by atoms with Gasteiger partial charge in [0.15, 0.2) is 5.82 Å². The van der Waals surface area contributed by atoms with Gasteiger partial charge in [-0.15, -0.1) is 5.10 Å². The van der Waals surface area contributed by atoms with Gasteiger partial charge in [0, 0.05) is 45.1 Å². The van der Waals surface area contributed by atoms with E-state index in [1.807, 2.05) is 46.8 Å². The van der Waals surface area contributed by atoms with Crippen molar-refractivity contribution < 1.29 is 9.59 Å². The molecule has 0 atom stereocenters. The molecular formula is C26H33N7O2. The van der Waals surface area contributed by atoms with Crippen molar-refractivity contribution in [2.75, 3.05) is 37.6 Å². The number of carbonyl (C=O) groups is 2. The van der Waals surface area contributed by atoms with Gasteiger partial charge in [-0.2, -0.15) is 10.2 Å². The van der Waals surface area contributed by atoms with Gasteiger partial charge in [0.1, 0.15) is 5.52 Å². The van der Waals surface area contributed by atoms with E-state index in [2.05, 4.69) is 27.3 Å². The standard InChI is InChI=1S/C26H33N7O2/c1-18-23-19(2)33(21-8-4-3-5-9-21)30-24(23)25(29-28-18)32-16-11-20(12-17-32)26(35)27-13-7-15-31-14-6-10-22(31)34/h3-5,8-9,20H,6-7,10-17H2,1-2H3,(H,27,35). The summed E-state index contributed by atoms with van der Waals surface area (Å²) >= 11 is 0. The van der Waals surface area contributed by atoms with Crippen LogP contribution in [0.1, 0.15) is 43.5 Å². The van der Waals surface area contributed by atoms with Crippen molar-refractivity contribution in [3.63, 3.8) is 0 Å². The number of benzene rings is 1. The first-order valence-electron chi connectivity index (χ1n) is 12.6. The number of anilines is 1. The smallest absolute Gasteiger partial charge is 0.223 e. The van der Waals surface area contributed by atoms with E-state index < -0.39 is 0 Å². The second-order valence-electron chi connectivity index (χ2n) is 9.56. The Balaban J connectivity index is 1.22. The molecule has 35 heavy (non-hydrogen) atoms. The molecule has 2 aliphatic heterocycles. The lowest BCUT2D eigenvalue weighted by Gasteiger charge is -2.32. The first-order chi connectivity index (χ1) is 17.0. The summed E-state index contributed by atoms with van der Waals surface area (Å²) in [6.07, 6.45) is 3.95. The maximum absolute atomic E-state index is 12.7. The van der Waals surface area contributed by atoms with Crippen LogP contribution in [-0.2, 0) is 9.59 Å². The van der Waals surface area contributed by atoms with Gasteiger partial charge in [-0.1, -0.05) is 18.2 Å². The Morgan fingerprint density at radius 2 is 1.86 bits per heavy atom. The molecule has 3 aromatic rings. The Hall–Kier alpha value is -3.49. The fourth-order valence-corrected chi connectivity index (χ4v) is 5.27. The average Bonchev–Trinajstić information content (AvgIpc) is 3.46. The van der Waals surface area contributed by atoms with Gasteiger partial charge in [0.25, 0.3) is 0 Å². The Kier molecular flexibility index (Phi) is 6.66.